The first kappa shape index (κ1) is 15.0. The summed E-state index contributed by atoms with van der Waals surface area (Å²) < 4.78 is 0. The van der Waals surface area contributed by atoms with Gasteiger partial charge in [-0.2, -0.15) is 5.10 Å². The summed E-state index contributed by atoms with van der Waals surface area (Å²) in [6, 6.07) is 14.0. The van der Waals surface area contributed by atoms with E-state index in [2.05, 4.69) is 27.2 Å². The fourth-order valence-corrected chi connectivity index (χ4v) is 2.71. The van der Waals surface area contributed by atoms with Gasteiger partial charge in [0.15, 0.2) is 0 Å². The van der Waals surface area contributed by atoms with Gasteiger partial charge in [-0.05, 0) is 24.3 Å². The lowest BCUT2D eigenvalue weighted by molar-refractivity contribution is -0.918. The quantitative estimate of drug-likeness (QED) is 0.867. The molecular weight excluding hydrogens is 296 g/mol. The largest absolute Gasteiger partial charge is 0.328 e. The molecule has 114 valence electrons. The summed E-state index contributed by atoms with van der Waals surface area (Å²) in [5, 5.41) is 7.45. The second-order valence-corrected chi connectivity index (χ2v) is 5.94. The number of hydrogen-bond acceptors (Lipinski definition) is 3. The van der Waals surface area contributed by atoms with Crippen LogP contribution in [0.15, 0.2) is 53.8 Å². The molecule has 0 amide bonds. The molecule has 0 aliphatic carbocycles. The van der Waals surface area contributed by atoms with E-state index in [4.69, 9.17) is 11.6 Å². The van der Waals surface area contributed by atoms with Crippen LogP contribution in [0.4, 0.5) is 0 Å². The van der Waals surface area contributed by atoms with Crippen molar-refractivity contribution >= 4 is 17.8 Å². The van der Waals surface area contributed by atoms with Crippen molar-refractivity contribution in [3.63, 3.8) is 0 Å². The summed E-state index contributed by atoms with van der Waals surface area (Å²) in [5.74, 6) is 0. The van der Waals surface area contributed by atoms with E-state index in [0.717, 1.165) is 43.4 Å². The number of benzene rings is 1. The van der Waals surface area contributed by atoms with Crippen molar-refractivity contribution in [2.75, 3.05) is 26.2 Å². The van der Waals surface area contributed by atoms with Crippen LogP contribution in [0.2, 0.25) is 5.02 Å². The Kier molecular flexibility index (Phi) is 5.03. The van der Waals surface area contributed by atoms with E-state index in [1.165, 1.54) is 5.56 Å². The summed E-state index contributed by atoms with van der Waals surface area (Å²) in [6.45, 7) is 5.21. The summed E-state index contributed by atoms with van der Waals surface area (Å²) in [5.41, 5.74) is 2.24. The number of nitrogens with one attached hydrogen (secondary N) is 1. The Hall–Kier alpha value is -1.91. The van der Waals surface area contributed by atoms with Crippen molar-refractivity contribution in [1.82, 2.24) is 9.99 Å². The number of aromatic nitrogens is 1. The molecule has 1 saturated heterocycles. The van der Waals surface area contributed by atoms with Gasteiger partial charge in [-0.25, -0.2) is 0 Å². The molecule has 1 aromatic carbocycles. The number of pyridine rings is 1. The number of hydrazone groups is 1. The summed E-state index contributed by atoms with van der Waals surface area (Å²) in [6.07, 6.45) is 3.62. The van der Waals surface area contributed by atoms with Crippen LogP contribution in [-0.4, -0.2) is 42.4 Å². The van der Waals surface area contributed by atoms with Gasteiger partial charge in [-0.15, -0.1) is 0 Å². The van der Waals surface area contributed by atoms with Gasteiger partial charge in [0.2, 0.25) is 0 Å². The molecule has 0 unspecified atom stereocenters. The molecule has 0 radical (unpaired) electrons. The Morgan fingerprint density at radius 1 is 1.14 bits per heavy atom. The fraction of sp³-hybridized carbons (Fsp3) is 0.294. The van der Waals surface area contributed by atoms with Crippen LogP contribution in [0.3, 0.4) is 0 Å². The topological polar surface area (TPSA) is 32.9 Å². The van der Waals surface area contributed by atoms with Gasteiger partial charge in [0, 0.05) is 16.8 Å². The number of halogens is 1. The Morgan fingerprint density at radius 3 is 2.59 bits per heavy atom. The van der Waals surface area contributed by atoms with Crippen molar-refractivity contribution in [1.29, 1.82) is 0 Å². The molecule has 0 atom stereocenters. The maximum Gasteiger partial charge on any atom is 0.103 e. The first-order chi connectivity index (χ1) is 10.8. The zero-order valence-corrected chi connectivity index (χ0v) is 13.2. The first-order valence-corrected chi connectivity index (χ1v) is 7.95. The minimum atomic E-state index is 0.799. The molecule has 2 aromatic rings. The third-order valence-electron chi connectivity index (χ3n) is 3.86. The van der Waals surface area contributed by atoms with Gasteiger partial charge in [0.05, 0.1) is 38.1 Å². The summed E-state index contributed by atoms with van der Waals surface area (Å²) in [4.78, 5) is 5.84. The van der Waals surface area contributed by atoms with Gasteiger partial charge < -0.3 is 4.90 Å². The highest BCUT2D eigenvalue weighted by Crippen LogP contribution is 2.08. The van der Waals surface area contributed by atoms with E-state index in [-0.39, 0.29) is 0 Å². The molecule has 1 N–H and O–H groups in total. The Balaban J connectivity index is 1.48. The molecule has 3 rings (SSSR count). The minimum absolute atomic E-state index is 0.799. The number of nitrogens with zero attached hydrogens (tertiary/aromatic N) is 3. The smallest absolute Gasteiger partial charge is 0.103 e. The molecule has 2 heterocycles. The first-order valence-electron chi connectivity index (χ1n) is 7.57. The van der Waals surface area contributed by atoms with Crippen molar-refractivity contribution in [3.8, 4) is 0 Å². The van der Waals surface area contributed by atoms with Crippen molar-refractivity contribution < 1.29 is 4.90 Å². The van der Waals surface area contributed by atoms with Crippen LogP contribution < -0.4 is 4.90 Å². The molecule has 0 spiro atoms. The molecule has 0 bridgehead atoms. The second-order valence-electron chi connectivity index (χ2n) is 5.51. The Bertz CT molecular complexity index is 604. The van der Waals surface area contributed by atoms with E-state index < -0.39 is 0 Å². The van der Waals surface area contributed by atoms with Crippen molar-refractivity contribution in [3.05, 3.63) is 64.9 Å². The fourth-order valence-electron chi connectivity index (χ4n) is 2.59. The van der Waals surface area contributed by atoms with E-state index in [1.807, 2.05) is 36.5 Å². The van der Waals surface area contributed by atoms with Crippen LogP contribution >= 0.6 is 11.6 Å². The Labute approximate surface area is 136 Å². The van der Waals surface area contributed by atoms with Crippen LogP contribution in [0, 0.1) is 0 Å². The maximum absolute atomic E-state index is 5.92. The molecule has 1 aliphatic heterocycles. The third kappa shape index (κ3) is 4.29. The monoisotopic (exact) mass is 315 g/mol. The molecule has 5 heteroatoms. The molecule has 4 nitrogen and oxygen atoms in total. The van der Waals surface area contributed by atoms with Gasteiger partial charge in [-0.3, -0.25) is 9.99 Å². The van der Waals surface area contributed by atoms with Crippen molar-refractivity contribution in [2.24, 2.45) is 5.10 Å². The van der Waals surface area contributed by atoms with Gasteiger partial charge in [0.25, 0.3) is 0 Å². The molecule has 22 heavy (non-hydrogen) atoms. The lowest BCUT2D eigenvalue weighted by Gasteiger charge is -2.30. The zero-order chi connectivity index (χ0) is 15.2. The van der Waals surface area contributed by atoms with Gasteiger partial charge in [0.1, 0.15) is 6.54 Å². The number of piperazine rings is 1. The highest BCUT2D eigenvalue weighted by molar-refractivity contribution is 6.30. The summed E-state index contributed by atoms with van der Waals surface area (Å²) in [7, 11) is 0. The number of rotatable bonds is 4. The van der Waals surface area contributed by atoms with Gasteiger partial charge >= 0.3 is 0 Å². The normalized spacial score (nSPS) is 16.3. The number of quaternary nitrogens is 1. The predicted octanol–water partition coefficient (Wildman–Crippen LogP) is 1.47. The van der Waals surface area contributed by atoms with E-state index >= 15 is 0 Å². The van der Waals surface area contributed by atoms with Crippen molar-refractivity contribution in [2.45, 2.75) is 6.54 Å². The maximum atomic E-state index is 5.92. The molecular formula is C17H20ClN4+. The van der Waals surface area contributed by atoms with Crippen LogP contribution in [-0.2, 0) is 6.54 Å². The predicted molar refractivity (Wildman–Crippen MR) is 89.3 cm³/mol. The average molecular weight is 316 g/mol. The van der Waals surface area contributed by atoms with Gasteiger partial charge in [-0.1, -0.05) is 29.8 Å². The van der Waals surface area contributed by atoms with Crippen LogP contribution in [0.5, 0.6) is 0 Å². The van der Waals surface area contributed by atoms with E-state index in [9.17, 15) is 0 Å². The zero-order valence-electron chi connectivity index (χ0n) is 12.5. The molecule has 1 aliphatic rings. The Morgan fingerprint density at radius 2 is 1.91 bits per heavy atom. The lowest BCUT2D eigenvalue weighted by atomic mass is 10.2. The standard InChI is InChI=1S/C17H19ClN4/c18-16-6-4-15(5-7-16)14-21-9-11-22(12-10-21)20-13-17-3-1-2-8-19-17/h1-8,13H,9-12,14H2/p+1/b20-13-. The molecule has 0 saturated carbocycles. The van der Waals surface area contributed by atoms with Crippen LogP contribution in [0.1, 0.15) is 11.3 Å². The lowest BCUT2D eigenvalue weighted by Crippen LogP contribution is -3.13. The van der Waals surface area contributed by atoms with E-state index in [0.29, 0.717) is 0 Å². The highest BCUT2D eigenvalue weighted by Gasteiger charge is 2.18. The second kappa shape index (κ2) is 7.38. The molecule has 1 fully saturated rings. The van der Waals surface area contributed by atoms with Crippen LogP contribution in [0.25, 0.3) is 0 Å². The average Bonchev–Trinajstić information content (AvgIpc) is 2.57. The third-order valence-corrected chi connectivity index (χ3v) is 4.11. The van der Waals surface area contributed by atoms with E-state index in [1.54, 1.807) is 11.1 Å². The molecule has 1 aromatic heterocycles. The minimum Gasteiger partial charge on any atom is -0.328 e. The highest BCUT2D eigenvalue weighted by atomic mass is 35.5. The SMILES string of the molecule is Clc1ccc(C[NH+]2CCN(/N=C\c3ccccn3)CC2)cc1. The number of hydrogen-bond donors (Lipinski definition) is 1. The summed E-state index contributed by atoms with van der Waals surface area (Å²) >= 11 is 5.92.